The fraction of sp³-hybridized carbons (Fsp3) is 0.150. The minimum atomic E-state index is -0.321. The zero-order valence-electron chi connectivity index (χ0n) is 14.1. The summed E-state index contributed by atoms with van der Waals surface area (Å²) in [5, 5.41) is 3.50. The molecule has 0 aliphatic carbocycles. The van der Waals surface area contributed by atoms with E-state index in [1.807, 2.05) is 78.5 Å². The summed E-state index contributed by atoms with van der Waals surface area (Å²) in [6.45, 7) is 0. The van der Waals surface area contributed by atoms with Gasteiger partial charge in [-0.05, 0) is 36.4 Å². The normalized spacial score (nSPS) is 16.3. The van der Waals surface area contributed by atoms with Crippen LogP contribution in [0.4, 0.5) is 11.4 Å². The predicted molar refractivity (Wildman–Crippen MR) is 98.0 cm³/mol. The summed E-state index contributed by atoms with van der Waals surface area (Å²) in [5.74, 6) is 0.612. The molecule has 3 aromatic rings. The number of aryl methyl sites for hydroxylation is 1. The highest BCUT2D eigenvalue weighted by atomic mass is 16.5. The number of nitrogens with one attached hydrogen (secondary N) is 1. The zero-order valence-corrected chi connectivity index (χ0v) is 14.1. The van der Waals surface area contributed by atoms with Gasteiger partial charge >= 0.3 is 0 Å². The van der Waals surface area contributed by atoms with Crippen molar-refractivity contribution >= 4 is 17.3 Å². The minimum Gasteiger partial charge on any atom is -0.495 e. The van der Waals surface area contributed by atoms with E-state index in [9.17, 15) is 4.79 Å². The van der Waals surface area contributed by atoms with Gasteiger partial charge in [0.2, 0.25) is 0 Å². The van der Waals surface area contributed by atoms with Gasteiger partial charge in [-0.2, -0.15) is 0 Å². The number of benzene rings is 2. The number of hydrogen-bond donors (Lipinski definition) is 1. The summed E-state index contributed by atoms with van der Waals surface area (Å²) in [4.78, 5) is 15.1. The molecule has 1 atom stereocenters. The fourth-order valence-corrected chi connectivity index (χ4v) is 3.30. The van der Waals surface area contributed by atoms with Crippen molar-refractivity contribution in [3.8, 4) is 5.75 Å². The quantitative estimate of drug-likeness (QED) is 0.793. The first-order chi connectivity index (χ1) is 12.2. The first-order valence-electron chi connectivity index (χ1n) is 8.14. The van der Waals surface area contributed by atoms with Crippen molar-refractivity contribution in [1.82, 2.24) is 4.57 Å². The van der Waals surface area contributed by atoms with Gasteiger partial charge in [0.05, 0.1) is 24.1 Å². The fourth-order valence-electron chi connectivity index (χ4n) is 3.30. The summed E-state index contributed by atoms with van der Waals surface area (Å²) in [5.41, 5.74) is 3.22. The third-order valence-corrected chi connectivity index (χ3v) is 4.54. The van der Waals surface area contributed by atoms with Crippen LogP contribution in [0, 0.1) is 0 Å². The van der Waals surface area contributed by atoms with E-state index in [1.165, 1.54) is 0 Å². The summed E-state index contributed by atoms with van der Waals surface area (Å²) in [6.07, 6.45) is 1.65. The van der Waals surface area contributed by atoms with Crippen LogP contribution in [0.2, 0.25) is 0 Å². The van der Waals surface area contributed by atoms with E-state index in [2.05, 4.69) is 5.32 Å². The number of aromatic nitrogens is 1. The van der Waals surface area contributed by atoms with Gasteiger partial charge < -0.3 is 14.6 Å². The Hall–Kier alpha value is -3.21. The molecule has 2 aromatic carbocycles. The Morgan fingerprint density at radius 1 is 1.00 bits per heavy atom. The number of para-hydroxylation sites is 3. The second kappa shape index (κ2) is 6.02. The van der Waals surface area contributed by atoms with Crippen LogP contribution in [0.3, 0.4) is 0 Å². The van der Waals surface area contributed by atoms with Crippen LogP contribution in [0.15, 0.2) is 66.9 Å². The molecule has 4 rings (SSSR count). The number of nitrogens with zero attached hydrogens (tertiary/aromatic N) is 2. The molecule has 2 heterocycles. The molecule has 0 saturated carbocycles. The molecular formula is C20H19N3O2. The molecule has 0 fully saturated rings. The Bertz CT molecular complexity index is 932. The lowest BCUT2D eigenvalue weighted by Crippen LogP contribution is -2.44. The van der Waals surface area contributed by atoms with Crippen LogP contribution in [-0.2, 0) is 7.05 Å². The molecule has 1 aliphatic rings. The van der Waals surface area contributed by atoms with Gasteiger partial charge in [-0.1, -0.05) is 24.3 Å². The van der Waals surface area contributed by atoms with E-state index in [0.29, 0.717) is 11.3 Å². The molecule has 1 N–H and O–H groups in total. The summed E-state index contributed by atoms with van der Waals surface area (Å²) in [7, 11) is 3.59. The van der Waals surface area contributed by atoms with Crippen molar-refractivity contribution in [1.29, 1.82) is 0 Å². The maximum atomic E-state index is 13.3. The average molecular weight is 333 g/mol. The van der Waals surface area contributed by atoms with Crippen molar-refractivity contribution in [2.75, 3.05) is 17.3 Å². The molecule has 126 valence electrons. The second-order valence-electron chi connectivity index (χ2n) is 5.98. The van der Waals surface area contributed by atoms with Crippen LogP contribution < -0.4 is 15.0 Å². The molecule has 5 nitrogen and oxygen atoms in total. The second-order valence-corrected chi connectivity index (χ2v) is 5.98. The number of anilines is 2. The molecule has 0 spiro atoms. The van der Waals surface area contributed by atoms with Crippen LogP contribution in [-0.4, -0.2) is 17.6 Å². The number of hydrogen-bond acceptors (Lipinski definition) is 3. The third kappa shape index (κ3) is 2.45. The molecule has 5 heteroatoms. The van der Waals surface area contributed by atoms with Gasteiger partial charge in [0.1, 0.15) is 11.9 Å². The van der Waals surface area contributed by atoms with Gasteiger partial charge in [-0.15, -0.1) is 0 Å². The van der Waals surface area contributed by atoms with E-state index in [-0.39, 0.29) is 12.1 Å². The number of rotatable bonds is 3. The number of carbonyl (C=O) groups excluding carboxylic acids is 1. The van der Waals surface area contributed by atoms with Crippen molar-refractivity contribution < 1.29 is 9.53 Å². The largest absolute Gasteiger partial charge is 0.495 e. The van der Waals surface area contributed by atoms with Gasteiger partial charge in [0.15, 0.2) is 0 Å². The Morgan fingerprint density at radius 3 is 2.52 bits per heavy atom. The first kappa shape index (κ1) is 15.3. The van der Waals surface area contributed by atoms with Crippen molar-refractivity contribution in [2.45, 2.75) is 6.17 Å². The molecule has 1 aliphatic heterocycles. The SMILES string of the molecule is COc1ccccc1N1C(=O)c2ccccc2N[C@H]1c1cccn1C. The maximum Gasteiger partial charge on any atom is 0.262 e. The Kier molecular flexibility index (Phi) is 3.69. The van der Waals surface area contributed by atoms with Gasteiger partial charge in [-0.3, -0.25) is 9.69 Å². The van der Waals surface area contributed by atoms with E-state index in [1.54, 1.807) is 12.0 Å². The number of ether oxygens (including phenoxy) is 1. The molecule has 0 radical (unpaired) electrons. The molecule has 1 aromatic heterocycles. The van der Waals surface area contributed by atoms with Gasteiger partial charge in [-0.25, -0.2) is 0 Å². The number of fused-ring (bicyclic) bond motifs is 1. The monoisotopic (exact) mass is 333 g/mol. The zero-order chi connectivity index (χ0) is 17.4. The number of methoxy groups -OCH3 is 1. The van der Waals surface area contributed by atoms with Crippen molar-refractivity contribution in [2.24, 2.45) is 7.05 Å². The van der Waals surface area contributed by atoms with Gasteiger partial charge in [0, 0.05) is 18.9 Å². The van der Waals surface area contributed by atoms with E-state index in [0.717, 1.165) is 17.1 Å². The highest BCUT2D eigenvalue weighted by Crippen LogP contribution is 2.40. The van der Waals surface area contributed by atoms with Crippen LogP contribution >= 0.6 is 0 Å². The maximum absolute atomic E-state index is 13.3. The lowest BCUT2D eigenvalue weighted by Gasteiger charge is -2.38. The molecular weight excluding hydrogens is 314 g/mol. The smallest absolute Gasteiger partial charge is 0.262 e. The van der Waals surface area contributed by atoms with Crippen LogP contribution in [0.25, 0.3) is 0 Å². The first-order valence-corrected chi connectivity index (χ1v) is 8.14. The Balaban J connectivity index is 1.91. The topological polar surface area (TPSA) is 46.5 Å². The molecule has 1 amide bonds. The average Bonchev–Trinajstić information content (AvgIpc) is 3.07. The van der Waals surface area contributed by atoms with Gasteiger partial charge in [0.25, 0.3) is 5.91 Å². The lowest BCUT2D eigenvalue weighted by molar-refractivity contribution is 0.0973. The van der Waals surface area contributed by atoms with Crippen molar-refractivity contribution in [3.05, 3.63) is 78.1 Å². The third-order valence-electron chi connectivity index (χ3n) is 4.54. The highest BCUT2D eigenvalue weighted by molar-refractivity contribution is 6.12. The van der Waals surface area contributed by atoms with E-state index < -0.39 is 0 Å². The molecule has 0 saturated heterocycles. The summed E-state index contributed by atoms with van der Waals surface area (Å²) >= 11 is 0. The number of amides is 1. The lowest BCUT2D eigenvalue weighted by atomic mass is 10.0. The number of carbonyl (C=O) groups is 1. The molecule has 0 bridgehead atoms. The van der Waals surface area contributed by atoms with E-state index >= 15 is 0 Å². The molecule has 25 heavy (non-hydrogen) atoms. The minimum absolute atomic E-state index is 0.0509. The summed E-state index contributed by atoms with van der Waals surface area (Å²) in [6, 6.07) is 19.2. The highest BCUT2D eigenvalue weighted by Gasteiger charge is 2.36. The summed E-state index contributed by atoms with van der Waals surface area (Å²) < 4.78 is 7.52. The van der Waals surface area contributed by atoms with Crippen molar-refractivity contribution in [3.63, 3.8) is 0 Å². The molecule has 0 unspecified atom stereocenters. The predicted octanol–water partition coefficient (Wildman–Crippen LogP) is 3.80. The van der Waals surface area contributed by atoms with E-state index in [4.69, 9.17) is 4.74 Å². The standard InChI is InChI=1S/C20H19N3O2/c1-22-13-7-11-17(22)19-21-15-9-4-3-8-14(15)20(24)23(19)16-10-5-6-12-18(16)25-2/h3-13,19,21H,1-2H3/t19-/m1/s1. The Labute approximate surface area is 146 Å². The Morgan fingerprint density at radius 2 is 1.76 bits per heavy atom. The van der Waals surface area contributed by atoms with Crippen LogP contribution in [0.5, 0.6) is 5.75 Å². The van der Waals surface area contributed by atoms with Crippen LogP contribution in [0.1, 0.15) is 22.2 Å².